The number of rotatable bonds is 5. The number of anilines is 2. The van der Waals surface area contributed by atoms with E-state index in [4.69, 9.17) is 4.98 Å². The first-order valence-corrected chi connectivity index (χ1v) is 9.34. The van der Waals surface area contributed by atoms with Crippen molar-refractivity contribution < 1.29 is 0 Å². The summed E-state index contributed by atoms with van der Waals surface area (Å²) in [5.41, 5.74) is 4.21. The highest BCUT2D eigenvalue weighted by atomic mass is 15.2. The molecule has 3 aromatic rings. The van der Waals surface area contributed by atoms with Gasteiger partial charge in [-0.25, -0.2) is 9.97 Å². The molecule has 0 unspecified atom stereocenters. The maximum Gasteiger partial charge on any atom is 0.180 e. The van der Waals surface area contributed by atoms with E-state index in [2.05, 4.69) is 58.6 Å². The fraction of sp³-hybridized carbons (Fsp3) is 0.400. The highest BCUT2D eigenvalue weighted by Crippen LogP contribution is 2.25. The number of nitrogens with one attached hydrogen (secondary N) is 2. The Morgan fingerprint density at radius 3 is 2.65 bits per heavy atom. The van der Waals surface area contributed by atoms with Gasteiger partial charge < -0.3 is 19.9 Å². The summed E-state index contributed by atoms with van der Waals surface area (Å²) < 4.78 is 2.04. The fourth-order valence-electron chi connectivity index (χ4n) is 3.26. The molecule has 6 nitrogen and oxygen atoms in total. The van der Waals surface area contributed by atoms with Gasteiger partial charge in [0.2, 0.25) is 0 Å². The molecule has 1 saturated heterocycles. The first-order valence-electron chi connectivity index (χ1n) is 9.34. The summed E-state index contributed by atoms with van der Waals surface area (Å²) in [6.45, 7) is 9.46. The average Bonchev–Trinajstić information content (AvgIpc) is 3.15. The Bertz CT molecular complexity index is 862. The number of benzene rings is 1. The van der Waals surface area contributed by atoms with Crippen molar-refractivity contribution in [3.63, 3.8) is 0 Å². The largest absolute Gasteiger partial charge is 0.369 e. The van der Waals surface area contributed by atoms with Crippen molar-refractivity contribution in [2.24, 2.45) is 5.92 Å². The van der Waals surface area contributed by atoms with E-state index in [1.807, 2.05) is 23.0 Å². The van der Waals surface area contributed by atoms with Crippen LogP contribution in [0.5, 0.6) is 0 Å². The minimum atomic E-state index is 0.550. The number of imidazole rings is 1. The van der Waals surface area contributed by atoms with Crippen LogP contribution >= 0.6 is 0 Å². The standard InChI is InChI=1S/C20H26N6/c1-15(2)13-23-19-20-22-9-12-26(20)14-18(24-19)16-3-5-17(6-4-16)25-10-7-21-8-11-25/h3-6,9,12,14-15,21H,7-8,10-11,13H2,1-2H3,(H,23,24). The van der Waals surface area contributed by atoms with Crippen LogP contribution < -0.4 is 15.5 Å². The summed E-state index contributed by atoms with van der Waals surface area (Å²) >= 11 is 0. The average molecular weight is 350 g/mol. The lowest BCUT2D eigenvalue weighted by molar-refractivity contribution is 0.589. The molecule has 1 aromatic carbocycles. The Balaban J connectivity index is 1.63. The third kappa shape index (κ3) is 3.51. The molecule has 1 aliphatic rings. The molecule has 136 valence electrons. The molecule has 2 aromatic heterocycles. The van der Waals surface area contributed by atoms with E-state index >= 15 is 0 Å². The van der Waals surface area contributed by atoms with Crippen molar-refractivity contribution in [2.45, 2.75) is 13.8 Å². The van der Waals surface area contributed by atoms with Gasteiger partial charge in [-0.2, -0.15) is 0 Å². The molecule has 0 bridgehead atoms. The predicted molar refractivity (Wildman–Crippen MR) is 107 cm³/mol. The zero-order chi connectivity index (χ0) is 17.9. The summed E-state index contributed by atoms with van der Waals surface area (Å²) in [5.74, 6) is 1.39. The second-order valence-corrected chi connectivity index (χ2v) is 7.19. The van der Waals surface area contributed by atoms with Gasteiger partial charge in [0.05, 0.1) is 5.69 Å². The van der Waals surface area contributed by atoms with Crippen LogP contribution in [0.2, 0.25) is 0 Å². The summed E-state index contributed by atoms with van der Waals surface area (Å²) in [6.07, 6.45) is 5.83. The topological polar surface area (TPSA) is 57.5 Å². The van der Waals surface area contributed by atoms with Crippen LogP contribution in [0.15, 0.2) is 42.9 Å². The molecule has 0 amide bonds. The van der Waals surface area contributed by atoms with E-state index in [1.165, 1.54) is 5.69 Å². The fourth-order valence-corrected chi connectivity index (χ4v) is 3.26. The molecule has 0 radical (unpaired) electrons. The third-order valence-electron chi connectivity index (χ3n) is 4.70. The Morgan fingerprint density at radius 2 is 1.92 bits per heavy atom. The van der Waals surface area contributed by atoms with Gasteiger partial charge in [-0.05, 0) is 18.1 Å². The van der Waals surface area contributed by atoms with Crippen LogP contribution in [-0.4, -0.2) is 47.1 Å². The molecule has 0 saturated carbocycles. The van der Waals surface area contributed by atoms with Gasteiger partial charge in [0, 0.05) is 62.6 Å². The van der Waals surface area contributed by atoms with Crippen LogP contribution in [0, 0.1) is 5.92 Å². The first-order chi connectivity index (χ1) is 12.7. The van der Waals surface area contributed by atoms with Crippen molar-refractivity contribution in [1.82, 2.24) is 19.7 Å². The molecule has 0 spiro atoms. The Kier molecular flexibility index (Phi) is 4.75. The molecule has 1 aliphatic heterocycles. The minimum Gasteiger partial charge on any atom is -0.369 e. The van der Waals surface area contributed by atoms with E-state index in [9.17, 15) is 0 Å². The molecular formula is C20H26N6. The van der Waals surface area contributed by atoms with Gasteiger partial charge in [0.25, 0.3) is 0 Å². The van der Waals surface area contributed by atoms with E-state index in [-0.39, 0.29) is 0 Å². The second kappa shape index (κ2) is 7.33. The quantitative estimate of drug-likeness (QED) is 0.741. The minimum absolute atomic E-state index is 0.550. The van der Waals surface area contributed by atoms with Gasteiger partial charge in [-0.15, -0.1) is 0 Å². The molecule has 0 aliphatic carbocycles. The zero-order valence-electron chi connectivity index (χ0n) is 15.4. The third-order valence-corrected chi connectivity index (χ3v) is 4.70. The van der Waals surface area contributed by atoms with Crippen molar-refractivity contribution in [2.75, 3.05) is 42.9 Å². The predicted octanol–water partition coefficient (Wildman–Crippen LogP) is 2.87. The monoisotopic (exact) mass is 350 g/mol. The van der Waals surface area contributed by atoms with Gasteiger partial charge >= 0.3 is 0 Å². The van der Waals surface area contributed by atoms with Gasteiger partial charge in [0.1, 0.15) is 0 Å². The van der Waals surface area contributed by atoms with E-state index in [1.54, 1.807) is 0 Å². The molecule has 6 heteroatoms. The van der Waals surface area contributed by atoms with Gasteiger partial charge in [-0.1, -0.05) is 26.0 Å². The summed E-state index contributed by atoms with van der Waals surface area (Å²) in [4.78, 5) is 11.7. The normalized spacial score (nSPS) is 15.0. The lowest BCUT2D eigenvalue weighted by Gasteiger charge is -2.29. The van der Waals surface area contributed by atoms with E-state index in [0.29, 0.717) is 5.92 Å². The maximum absolute atomic E-state index is 4.84. The van der Waals surface area contributed by atoms with Crippen molar-refractivity contribution in [3.05, 3.63) is 42.9 Å². The molecule has 3 heterocycles. The second-order valence-electron chi connectivity index (χ2n) is 7.19. The summed E-state index contributed by atoms with van der Waals surface area (Å²) in [5, 5.41) is 6.83. The SMILES string of the molecule is CC(C)CNc1nc(-c2ccc(N3CCNCC3)cc2)cn2ccnc12. The molecule has 1 fully saturated rings. The maximum atomic E-state index is 4.84. The van der Waals surface area contributed by atoms with Crippen LogP contribution in [-0.2, 0) is 0 Å². The van der Waals surface area contributed by atoms with Crippen LogP contribution in [0.4, 0.5) is 11.5 Å². The van der Waals surface area contributed by atoms with Crippen LogP contribution in [0.25, 0.3) is 16.9 Å². The summed E-state index contributed by atoms with van der Waals surface area (Å²) in [7, 11) is 0. The number of hydrogen-bond donors (Lipinski definition) is 2. The lowest BCUT2D eigenvalue weighted by atomic mass is 10.1. The van der Waals surface area contributed by atoms with Crippen LogP contribution in [0.1, 0.15) is 13.8 Å². The summed E-state index contributed by atoms with van der Waals surface area (Å²) in [6, 6.07) is 8.71. The Labute approximate surface area is 154 Å². The van der Waals surface area contributed by atoms with E-state index < -0.39 is 0 Å². The van der Waals surface area contributed by atoms with Gasteiger partial charge in [-0.3, -0.25) is 0 Å². The Morgan fingerprint density at radius 1 is 1.15 bits per heavy atom. The van der Waals surface area contributed by atoms with Gasteiger partial charge in [0.15, 0.2) is 11.5 Å². The lowest BCUT2D eigenvalue weighted by Crippen LogP contribution is -2.43. The molecule has 26 heavy (non-hydrogen) atoms. The first kappa shape index (κ1) is 16.8. The van der Waals surface area contributed by atoms with Crippen molar-refractivity contribution in [3.8, 4) is 11.3 Å². The molecule has 4 rings (SSSR count). The molecule has 0 atom stereocenters. The number of hydrogen-bond acceptors (Lipinski definition) is 5. The number of fused-ring (bicyclic) bond motifs is 1. The molecule has 2 N–H and O–H groups in total. The van der Waals surface area contributed by atoms with Crippen molar-refractivity contribution >= 4 is 17.2 Å². The smallest absolute Gasteiger partial charge is 0.180 e. The highest BCUT2D eigenvalue weighted by molar-refractivity contribution is 5.70. The number of aromatic nitrogens is 3. The highest BCUT2D eigenvalue weighted by Gasteiger charge is 2.12. The number of nitrogens with zero attached hydrogens (tertiary/aromatic N) is 4. The molecular weight excluding hydrogens is 324 g/mol. The number of piperazine rings is 1. The van der Waals surface area contributed by atoms with Crippen LogP contribution in [0.3, 0.4) is 0 Å². The Hall–Kier alpha value is -2.60. The van der Waals surface area contributed by atoms with Crippen molar-refractivity contribution in [1.29, 1.82) is 0 Å². The van der Waals surface area contributed by atoms with E-state index in [0.717, 1.165) is 55.4 Å². The zero-order valence-corrected chi connectivity index (χ0v) is 15.4.